The van der Waals surface area contributed by atoms with Gasteiger partial charge in [-0.05, 0) is 60.6 Å². The molecule has 0 saturated heterocycles. The third kappa shape index (κ3) is 5.64. The number of carbonyl (C=O) groups excluding carboxylic acids is 1. The molecule has 2 heterocycles. The van der Waals surface area contributed by atoms with Gasteiger partial charge in [0.1, 0.15) is 12.6 Å². The number of thioether (sulfide) groups is 1. The lowest BCUT2D eigenvalue weighted by Gasteiger charge is -2.38. The molecule has 2 aliphatic rings. The lowest BCUT2D eigenvalue weighted by molar-refractivity contribution is -0.118. The highest BCUT2D eigenvalue weighted by atomic mass is 79.9. The molecule has 0 amide bonds. The Morgan fingerprint density at radius 3 is 2.63 bits per heavy atom. The van der Waals surface area contributed by atoms with Crippen molar-refractivity contribution in [3.05, 3.63) is 69.3 Å². The van der Waals surface area contributed by atoms with Gasteiger partial charge in [0.05, 0.1) is 6.61 Å². The number of carbonyl (C=O) groups is 1. The summed E-state index contributed by atoms with van der Waals surface area (Å²) < 4.78 is 15.1. The Morgan fingerprint density at radius 1 is 1.11 bits per heavy atom. The van der Waals surface area contributed by atoms with Crippen LogP contribution in [0.25, 0.3) is 0 Å². The van der Waals surface area contributed by atoms with E-state index in [0.29, 0.717) is 42.2 Å². The largest absolute Gasteiger partial charge is 0.490 e. The molecule has 1 unspecified atom stereocenters. The third-order valence-corrected chi connectivity index (χ3v) is 8.21. The third-order valence-electron chi connectivity index (χ3n) is 6.64. The zero-order chi connectivity index (χ0) is 26.9. The van der Waals surface area contributed by atoms with Gasteiger partial charge in [-0.2, -0.15) is 4.98 Å². The molecule has 5 rings (SSSR count). The van der Waals surface area contributed by atoms with Crippen LogP contribution in [0, 0.1) is 5.41 Å². The van der Waals surface area contributed by atoms with Crippen molar-refractivity contribution in [3.8, 4) is 11.5 Å². The summed E-state index contributed by atoms with van der Waals surface area (Å²) in [4.78, 5) is 18.3. The Morgan fingerprint density at radius 2 is 1.89 bits per heavy atom. The number of nitrogens with zero attached hydrogens (tertiary/aromatic N) is 3. The maximum absolute atomic E-state index is 13.6. The summed E-state index contributed by atoms with van der Waals surface area (Å²) in [7, 11) is 0. The Labute approximate surface area is 236 Å². The van der Waals surface area contributed by atoms with Gasteiger partial charge in [-0.3, -0.25) is 4.79 Å². The molecule has 0 fully saturated rings. The summed E-state index contributed by atoms with van der Waals surface area (Å²) in [6.45, 7) is 9.29. The minimum atomic E-state index is -0.381. The Balaban J connectivity index is 1.53. The van der Waals surface area contributed by atoms with Crippen LogP contribution in [0.4, 0.5) is 5.95 Å². The van der Waals surface area contributed by atoms with Crippen molar-refractivity contribution in [2.75, 3.05) is 17.7 Å². The quantitative estimate of drug-likeness (QED) is 0.262. The molecular formula is C29H33BrN4O3S. The van der Waals surface area contributed by atoms with E-state index in [-0.39, 0.29) is 17.2 Å². The second-order valence-electron chi connectivity index (χ2n) is 10.4. The number of nitrogens with one attached hydrogen (secondary N) is 1. The van der Waals surface area contributed by atoms with Crippen LogP contribution in [0.5, 0.6) is 11.5 Å². The zero-order valence-electron chi connectivity index (χ0n) is 22.2. The van der Waals surface area contributed by atoms with Gasteiger partial charge in [0.25, 0.3) is 0 Å². The predicted molar refractivity (Wildman–Crippen MR) is 154 cm³/mol. The molecule has 1 atom stereocenters. The molecule has 3 aromatic rings. The molecule has 2 aromatic carbocycles. The van der Waals surface area contributed by atoms with Crippen molar-refractivity contribution >= 4 is 39.4 Å². The normalized spacial score (nSPS) is 18.0. The minimum absolute atomic E-state index is 0.114. The van der Waals surface area contributed by atoms with Gasteiger partial charge in [-0.25, -0.2) is 4.68 Å². The van der Waals surface area contributed by atoms with Crippen LogP contribution in [0.15, 0.2) is 63.4 Å². The molecule has 0 radical (unpaired) electrons. The van der Waals surface area contributed by atoms with E-state index in [1.54, 1.807) is 11.8 Å². The van der Waals surface area contributed by atoms with E-state index >= 15 is 0 Å². The molecule has 0 bridgehead atoms. The number of halogens is 1. The van der Waals surface area contributed by atoms with E-state index in [0.717, 1.165) is 45.5 Å². The van der Waals surface area contributed by atoms with E-state index < -0.39 is 0 Å². The Bertz CT molecular complexity index is 1370. The molecule has 1 aliphatic carbocycles. The fourth-order valence-electron chi connectivity index (χ4n) is 4.98. The van der Waals surface area contributed by atoms with Gasteiger partial charge in [0.2, 0.25) is 11.1 Å². The first-order valence-corrected chi connectivity index (χ1v) is 14.8. The number of allylic oxidation sites excluding steroid dienone is 2. The molecule has 7 nitrogen and oxygen atoms in total. The van der Waals surface area contributed by atoms with E-state index in [1.165, 1.54) is 0 Å². The fourth-order valence-corrected chi connectivity index (χ4v) is 5.92. The number of Topliss-reactive ketones (excluding diaryl/α,β-unsaturated/α-hetero) is 1. The van der Waals surface area contributed by atoms with Crippen LogP contribution in [0.3, 0.4) is 0 Å². The summed E-state index contributed by atoms with van der Waals surface area (Å²) in [5.74, 6) is 3.06. The van der Waals surface area contributed by atoms with E-state index in [9.17, 15) is 4.79 Å². The average molecular weight is 598 g/mol. The number of fused-ring (bicyclic) bond motifs is 1. The Kier molecular flexibility index (Phi) is 7.86. The van der Waals surface area contributed by atoms with Crippen molar-refractivity contribution in [2.24, 2.45) is 5.41 Å². The smallest absolute Gasteiger partial charge is 0.227 e. The first-order valence-electron chi connectivity index (χ1n) is 13.0. The second-order valence-corrected chi connectivity index (χ2v) is 12.4. The van der Waals surface area contributed by atoms with E-state index in [1.807, 2.05) is 54.1 Å². The van der Waals surface area contributed by atoms with Crippen LogP contribution < -0.4 is 14.8 Å². The number of anilines is 1. The van der Waals surface area contributed by atoms with Crippen molar-refractivity contribution in [2.45, 2.75) is 64.8 Å². The number of ether oxygens (including phenoxy) is 2. The summed E-state index contributed by atoms with van der Waals surface area (Å²) in [5, 5.41) is 9.00. The molecule has 1 aromatic heterocycles. The summed E-state index contributed by atoms with van der Waals surface area (Å²) in [6.07, 6.45) is 2.31. The lowest BCUT2D eigenvalue weighted by Crippen LogP contribution is -2.36. The van der Waals surface area contributed by atoms with Gasteiger partial charge in [-0.15, -0.1) is 5.10 Å². The number of aromatic nitrogens is 3. The van der Waals surface area contributed by atoms with Gasteiger partial charge >= 0.3 is 0 Å². The van der Waals surface area contributed by atoms with E-state index in [2.05, 4.69) is 42.0 Å². The van der Waals surface area contributed by atoms with Crippen molar-refractivity contribution in [1.82, 2.24) is 14.8 Å². The van der Waals surface area contributed by atoms with Crippen LogP contribution >= 0.6 is 27.7 Å². The highest BCUT2D eigenvalue weighted by molar-refractivity contribution is 9.10. The van der Waals surface area contributed by atoms with Gasteiger partial charge in [-0.1, -0.05) is 66.7 Å². The fraction of sp³-hybridized carbons (Fsp3) is 0.414. The van der Waals surface area contributed by atoms with Crippen LogP contribution in [-0.4, -0.2) is 32.9 Å². The summed E-state index contributed by atoms with van der Waals surface area (Å²) >= 11 is 5.10. The SMILES string of the molecule is CCCSc1nc2n(n1)C(c1ccc(OCc3ccc(Br)cc3)c(OCC)c1)C1=C(CC(C)(C)CC1=O)N2. The standard InChI is InChI=1S/C29H33BrN4O3S/c1-5-13-38-28-32-27-31-21-15-29(3,4)16-22(35)25(21)26(34(27)33-28)19-9-12-23(24(14-19)36-6-2)37-17-18-7-10-20(30)11-8-18/h7-12,14,26H,5-6,13,15-17H2,1-4H3,(H,31,32,33). The molecule has 9 heteroatoms. The highest BCUT2D eigenvalue weighted by Crippen LogP contribution is 2.46. The van der Waals surface area contributed by atoms with Gasteiger partial charge in [0, 0.05) is 27.9 Å². The highest BCUT2D eigenvalue weighted by Gasteiger charge is 2.42. The van der Waals surface area contributed by atoms with Crippen molar-refractivity contribution in [3.63, 3.8) is 0 Å². The predicted octanol–water partition coefficient (Wildman–Crippen LogP) is 7.18. The zero-order valence-corrected chi connectivity index (χ0v) is 24.6. The summed E-state index contributed by atoms with van der Waals surface area (Å²) in [5.41, 5.74) is 3.57. The van der Waals surface area contributed by atoms with Crippen molar-refractivity contribution < 1.29 is 14.3 Å². The molecule has 1 N–H and O–H groups in total. The Hall–Kier alpha value is -2.78. The number of rotatable bonds is 9. The number of hydrogen-bond acceptors (Lipinski definition) is 7. The first-order chi connectivity index (χ1) is 18.3. The molecule has 200 valence electrons. The van der Waals surface area contributed by atoms with Gasteiger partial charge in [0.15, 0.2) is 17.3 Å². The first kappa shape index (κ1) is 26.8. The minimum Gasteiger partial charge on any atom is -0.490 e. The number of hydrogen-bond donors (Lipinski definition) is 1. The molecule has 38 heavy (non-hydrogen) atoms. The topological polar surface area (TPSA) is 78.3 Å². The summed E-state index contributed by atoms with van der Waals surface area (Å²) in [6, 6.07) is 13.6. The molecule has 0 spiro atoms. The molecule has 1 aliphatic heterocycles. The number of ketones is 1. The van der Waals surface area contributed by atoms with E-state index in [4.69, 9.17) is 19.6 Å². The monoisotopic (exact) mass is 596 g/mol. The van der Waals surface area contributed by atoms with Crippen LogP contribution in [-0.2, 0) is 11.4 Å². The molecular weight excluding hydrogens is 564 g/mol. The van der Waals surface area contributed by atoms with Crippen LogP contribution in [0.2, 0.25) is 0 Å². The number of benzene rings is 2. The average Bonchev–Trinajstić information content (AvgIpc) is 3.28. The maximum Gasteiger partial charge on any atom is 0.227 e. The second kappa shape index (κ2) is 11.1. The van der Waals surface area contributed by atoms with Gasteiger partial charge < -0.3 is 14.8 Å². The molecule has 0 saturated carbocycles. The van der Waals surface area contributed by atoms with Crippen LogP contribution in [0.1, 0.15) is 64.1 Å². The van der Waals surface area contributed by atoms with Crippen molar-refractivity contribution in [1.29, 1.82) is 0 Å². The lowest BCUT2D eigenvalue weighted by atomic mass is 9.73. The maximum atomic E-state index is 13.6.